The van der Waals surface area contributed by atoms with Crippen molar-refractivity contribution in [2.75, 3.05) is 0 Å². The highest BCUT2D eigenvalue weighted by Crippen LogP contribution is 2.36. The second-order valence-electron chi connectivity index (χ2n) is 16.0. The van der Waals surface area contributed by atoms with Crippen molar-refractivity contribution >= 4 is 61.6 Å². The van der Waals surface area contributed by atoms with E-state index < -0.39 is 6.17 Å². The summed E-state index contributed by atoms with van der Waals surface area (Å²) in [6.07, 6.45) is 13.3. The molecule has 2 aliphatic carbocycles. The van der Waals surface area contributed by atoms with E-state index in [2.05, 4.69) is 157 Å². The molecule has 0 aromatic heterocycles. The van der Waals surface area contributed by atoms with Gasteiger partial charge in [-0.15, -0.1) is 0 Å². The molecule has 4 N–H and O–H groups in total. The van der Waals surface area contributed by atoms with Gasteiger partial charge in [0, 0.05) is 16.7 Å². The first-order valence-corrected chi connectivity index (χ1v) is 20.9. The molecule has 288 valence electrons. The zero-order valence-electron chi connectivity index (χ0n) is 33.4. The highest BCUT2D eigenvalue weighted by Gasteiger charge is 2.34. The van der Waals surface area contributed by atoms with Gasteiger partial charge < -0.3 is 5.32 Å². The molecule has 0 fully saturated rings. The van der Waals surface area contributed by atoms with Gasteiger partial charge in [0.15, 0.2) is 6.17 Å². The lowest BCUT2D eigenvalue weighted by molar-refractivity contribution is -0.494. The van der Waals surface area contributed by atoms with Gasteiger partial charge in [0.2, 0.25) is 5.84 Å². The van der Waals surface area contributed by atoms with Gasteiger partial charge in [0.25, 0.3) is 0 Å². The Hall–Kier alpha value is -7.28. The molecule has 0 saturated heterocycles. The molecule has 2 unspecified atom stereocenters. The summed E-state index contributed by atoms with van der Waals surface area (Å²) in [5.41, 5.74) is 11.4. The fraction of sp³-hybridized carbons (Fsp3) is 0.111. The fourth-order valence-electron chi connectivity index (χ4n) is 9.39. The number of amidine groups is 3. The molecule has 0 saturated carbocycles. The monoisotopic (exact) mass is 775 g/mol. The van der Waals surface area contributed by atoms with E-state index in [9.17, 15) is 0 Å². The minimum Gasteiger partial charge on any atom is -0.324 e. The number of hydrogen-bond acceptors (Lipinski definition) is 5. The molecule has 7 aromatic carbocycles. The summed E-state index contributed by atoms with van der Waals surface area (Å²) >= 11 is 0. The van der Waals surface area contributed by atoms with Gasteiger partial charge in [0.1, 0.15) is 17.4 Å². The van der Waals surface area contributed by atoms with E-state index in [1.165, 1.54) is 38.1 Å². The van der Waals surface area contributed by atoms with Gasteiger partial charge in [-0.25, -0.2) is 9.98 Å². The van der Waals surface area contributed by atoms with Crippen LogP contribution in [0.2, 0.25) is 0 Å². The Balaban J connectivity index is 1.02. The Bertz CT molecular complexity index is 3140. The molecular formula is C54H43N6+. The smallest absolute Gasteiger partial charge is 0.236 e. The molecule has 2 aliphatic heterocycles. The summed E-state index contributed by atoms with van der Waals surface area (Å²) in [4.78, 5) is 16.1. The Labute approximate surface area is 349 Å². The number of quaternary nitrogens is 1. The normalized spacial score (nSPS) is 19.1. The third kappa shape index (κ3) is 6.24. The summed E-state index contributed by atoms with van der Waals surface area (Å²) in [7, 11) is 0. The molecule has 4 aliphatic rings. The summed E-state index contributed by atoms with van der Waals surface area (Å²) in [5, 5.41) is 22.3. The Kier molecular flexibility index (Phi) is 8.86. The third-order valence-corrected chi connectivity index (χ3v) is 12.5. The van der Waals surface area contributed by atoms with Crippen molar-refractivity contribution in [3.8, 4) is 0 Å². The fourth-order valence-corrected chi connectivity index (χ4v) is 9.39. The topological polar surface area (TPSA) is 89.6 Å². The van der Waals surface area contributed by atoms with Crippen molar-refractivity contribution in [1.29, 1.82) is 5.41 Å². The Morgan fingerprint density at radius 1 is 0.700 bits per heavy atom. The molecule has 0 radical (unpaired) electrons. The summed E-state index contributed by atoms with van der Waals surface area (Å²) < 4.78 is 0. The van der Waals surface area contributed by atoms with Gasteiger partial charge >= 0.3 is 0 Å². The zero-order valence-corrected chi connectivity index (χ0v) is 33.4. The number of aliphatic imine (C=N–C) groups is 3. The molecule has 0 amide bonds. The summed E-state index contributed by atoms with van der Waals surface area (Å²) in [6, 6.07) is 49.1. The quantitative estimate of drug-likeness (QED) is 0.114. The van der Waals surface area contributed by atoms with Crippen LogP contribution in [0.5, 0.6) is 0 Å². The molecule has 2 atom stereocenters. The van der Waals surface area contributed by atoms with Crippen molar-refractivity contribution in [3.05, 3.63) is 220 Å². The van der Waals surface area contributed by atoms with Crippen LogP contribution in [0, 0.1) is 11.3 Å². The van der Waals surface area contributed by atoms with Gasteiger partial charge in [-0.2, -0.15) is 4.99 Å². The number of nitrogens with zero attached hydrogens (tertiary/aromatic N) is 3. The van der Waals surface area contributed by atoms with Crippen LogP contribution in [0.4, 0.5) is 0 Å². The van der Waals surface area contributed by atoms with Crippen LogP contribution in [0.25, 0.3) is 38.4 Å². The van der Waals surface area contributed by atoms with Crippen LogP contribution >= 0.6 is 0 Å². The predicted molar refractivity (Wildman–Crippen MR) is 248 cm³/mol. The molecule has 0 spiro atoms. The molecule has 11 rings (SSSR count). The second-order valence-corrected chi connectivity index (χ2v) is 16.0. The number of nitrogens with two attached hydrogens (primary N) is 1. The molecule has 0 bridgehead atoms. The number of hydrogen-bond donors (Lipinski definition) is 3. The summed E-state index contributed by atoms with van der Waals surface area (Å²) in [6.45, 7) is 2.08. The van der Waals surface area contributed by atoms with Crippen LogP contribution < -0.4 is 10.6 Å². The number of benzene rings is 7. The van der Waals surface area contributed by atoms with Crippen LogP contribution in [0.15, 0.2) is 196 Å². The van der Waals surface area contributed by atoms with E-state index in [0.29, 0.717) is 5.71 Å². The zero-order chi connectivity index (χ0) is 40.2. The summed E-state index contributed by atoms with van der Waals surface area (Å²) in [5.74, 6) is 2.67. The highest BCUT2D eigenvalue weighted by molar-refractivity contribution is 6.24. The highest BCUT2D eigenvalue weighted by atomic mass is 15.2. The van der Waals surface area contributed by atoms with E-state index in [-0.39, 0.29) is 5.92 Å². The third-order valence-electron chi connectivity index (χ3n) is 12.5. The van der Waals surface area contributed by atoms with E-state index in [4.69, 9.17) is 20.4 Å². The minimum atomic E-state index is -0.478. The number of fused-ring (bicyclic) bond motifs is 7. The average Bonchev–Trinajstić information content (AvgIpc) is 3.33. The number of allylic oxidation sites excluding steroid dienone is 5. The maximum absolute atomic E-state index is 9.13. The lowest BCUT2D eigenvalue weighted by Gasteiger charge is -2.27. The first kappa shape index (κ1) is 35.8. The Morgan fingerprint density at radius 3 is 2.17 bits per heavy atom. The maximum atomic E-state index is 9.13. The second kappa shape index (κ2) is 14.8. The largest absolute Gasteiger partial charge is 0.324 e. The van der Waals surface area contributed by atoms with Crippen molar-refractivity contribution in [3.63, 3.8) is 0 Å². The van der Waals surface area contributed by atoms with E-state index in [1.54, 1.807) is 0 Å². The molecular weight excluding hydrogens is 733 g/mol. The van der Waals surface area contributed by atoms with Gasteiger partial charge in [0.05, 0.1) is 22.9 Å². The average molecular weight is 776 g/mol. The molecule has 6 heteroatoms. The first-order valence-electron chi connectivity index (χ1n) is 20.9. The molecule has 6 nitrogen and oxygen atoms in total. The van der Waals surface area contributed by atoms with E-state index >= 15 is 0 Å². The maximum Gasteiger partial charge on any atom is 0.236 e. The van der Waals surface area contributed by atoms with Crippen molar-refractivity contribution in [1.82, 2.24) is 5.32 Å². The Morgan fingerprint density at radius 2 is 1.37 bits per heavy atom. The molecule has 7 aromatic rings. The van der Waals surface area contributed by atoms with Crippen LogP contribution in [-0.4, -0.2) is 23.2 Å². The van der Waals surface area contributed by atoms with Crippen LogP contribution in [-0.2, 0) is 6.42 Å². The SMILES string of the molecule is CC(C(=N)c1ccccc1)=C1[NH2+]C(c2ccc(C3N=C(c4cc5ccccc5c5c4CCC=C5)NC(c4cc5ccccc5c5ccccc45)=N3)cc2)=NC2=CC=CCC21. The van der Waals surface area contributed by atoms with Crippen molar-refractivity contribution in [2.45, 2.75) is 32.4 Å². The molecule has 2 heterocycles. The number of rotatable bonds is 6. The van der Waals surface area contributed by atoms with E-state index in [0.717, 1.165) is 86.9 Å². The minimum absolute atomic E-state index is 0.125. The van der Waals surface area contributed by atoms with Crippen LogP contribution in [0.1, 0.15) is 64.9 Å². The standard InChI is InChI=1S/C54H42N6/c1-33(49(55)34-15-3-2-4-16-34)50-45-25-13-14-26-48(45)56-51(57-50)35-27-29-36(30-28-35)52-58-53(46-31-37-17-5-7-19-39(37)41-21-9-11-23-43(41)46)60-54(59-52)47-32-38-18-6-8-20-40(38)42-22-10-12-24-44(42)47/h2-11,13-23,26-32,45,52,55H,12,24-25H2,1H3,(H,56,57)(H,58,59,60)/p+1. The van der Waals surface area contributed by atoms with Crippen molar-refractivity contribution < 1.29 is 5.32 Å². The predicted octanol–water partition coefficient (Wildman–Crippen LogP) is 10.7. The lowest BCUT2D eigenvalue weighted by atomic mass is 9.87. The van der Waals surface area contributed by atoms with Gasteiger partial charge in [-0.1, -0.05) is 140 Å². The molecule has 60 heavy (non-hydrogen) atoms. The lowest BCUT2D eigenvalue weighted by Crippen LogP contribution is -2.89. The first-order chi connectivity index (χ1) is 29.6. The van der Waals surface area contributed by atoms with Gasteiger partial charge in [-0.05, 0) is 111 Å². The van der Waals surface area contributed by atoms with Crippen LogP contribution in [0.3, 0.4) is 0 Å². The van der Waals surface area contributed by atoms with Crippen molar-refractivity contribution in [2.24, 2.45) is 20.9 Å². The number of nitrogens with one attached hydrogen (secondary N) is 2. The van der Waals surface area contributed by atoms with E-state index in [1.807, 2.05) is 30.3 Å². The van der Waals surface area contributed by atoms with Gasteiger partial charge in [-0.3, -0.25) is 10.7 Å².